The molecule has 0 saturated heterocycles. The zero-order valence-electron chi connectivity index (χ0n) is 10.6. The molecule has 2 rings (SSSR count). The van der Waals surface area contributed by atoms with Gasteiger partial charge in [0.15, 0.2) is 0 Å². The van der Waals surface area contributed by atoms with Crippen LogP contribution < -0.4 is 11.3 Å². The molecule has 0 unspecified atom stereocenters. The summed E-state index contributed by atoms with van der Waals surface area (Å²) >= 11 is 0. The van der Waals surface area contributed by atoms with Gasteiger partial charge < -0.3 is 5.73 Å². The molecule has 0 bridgehead atoms. The van der Waals surface area contributed by atoms with Crippen molar-refractivity contribution < 1.29 is 0 Å². The summed E-state index contributed by atoms with van der Waals surface area (Å²) in [5.74, 6) is 0.510. The van der Waals surface area contributed by atoms with Gasteiger partial charge in [-0.1, -0.05) is 0 Å². The second kappa shape index (κ2) is 3.40. The number of aromatic nitrogens is 2. The summed E-state index contributed by atoms with van der Waals surface area (Å²) in [6, 6.07) is 0. The van der Waals surface area contributed by atoms with Crippen LogP contribution in [0.4, 0.5) is 5.69 Å². The SMILES string of the molecule is CCn1c(C2CC2)c(N)c(=O)n1C(C)(C)C. The van der Waals surface area contributed by atoms with E-state index in [1.807, 2.05) is 20.8 Å². The molecule has 1 aromatic rings. The minimum Gasteiger partial charge on any atom is -0.393 e. The first kappa shape index (κ1) is 11.3. The van der Waals surface area contributed by atoms with Crippen LogP contribution in [0.25, 0.3) is 0 Å². The van der Waals surface area contributed by atoms with Crippen LogP contribution in [0.1, 0.15) is 52.1 Å². The Hall–Kier alpha value is -1.19. The second-order valence-electron chi connectivity index (χ2n) is 5.58. The summed E-state index contributed by atoms with van der Waals surface area (Å²) in [4.78, 5) is 12.2. The third-order valence-corrected chi connectivity index (χ3v) is 3.12. The predicted molar refractivity (Wildman–Crippen MR) is 65.7 cm³/mol. The van der Waals surface area contributed by atoms with Gasteiger partial charge in [0.1, 0.15) is 5.69 Å². The first-order valence-corrected chi connectivity index (χ1v) is 5.99. The monoisotopic (exact) mass is 223 g/mol. The third-order valence-electron chi connectivity index (χ3n) is 3.12. The first-order chi connectivity index (χ1) is 7.38. The zero-order chi connectivity index (χ0) is 12.1. The van der Waals surface area contributed by atoms with Gasteiger partial charge >= 0.3 is 0 Å². The normalized spacial score (nSPS) is 16.8. The highest BCUT2D eigenvalue weighted by Crippen LogP contribution is 2.42. The van der Waals surface area contributed by atoms with Crippen molar-refractivity contribution in [3.63, 3.8) is 0 Å². The highest BCUT2D eigenvalue weighted by atomic mass is 16.1. The predicted octanol–water partition coefficient (Wildman–Crippen LogP) is 1.88. The lowest BCUT2D eigenvalue weighted by atomic mass is 10.1. The van der Waals surface area contributed by atoms with Crippen molar-refractivity contribution in [2.24, 2.45) is 0 Å². The van der Waals surface area contributed by atoms with Crippen LogP contribution in [0.15, 0.2) is 4.79 Å². The maximum absolute atomic E-state index is 12.2. The molecular formula is C12H21N3O. The highest BCUT2D eigenvalue weighted by molar-refractivity contribution is 5.45. The number of rotatable bonds is 2. The van der Waals surface area contributed by atoms with Gasteiger partial charge in [0.25, 0.3) is 5.56 Å². The minimum absolute atomic E-state index is 0.0312. The third kappa shape index (κ3) is 1.56. The number of nitrogens with zero attached hydrogens (tertiary/aromatic N) is 2. The van der Waals surface area contributed by atoms with Gasteiger partial charge in [-0.15, -0.1) is 0 Å². The fourth-order valence-corrected chi connectivity index (χ4v) is 2.35. The van der Waals surface area contributed by atoms with Crippen LogP contribution >= 0.6 is 0 Å². The number of nitrogens with two attached hydrogens (primary N) is 1. The van der Waals surface area contributed by atoms with Crippen LogP contribution in [-0.4, -0.2) is 9.36 Å². The molecule has 4 nitrogen and oxygen atoms in total. The van der Waals surface area contributed by atoms with Crippen LogP contribution in [0, 0.1) is 0 Å². The number of nitrogen functional groups attached to an aromatic ring is 1. The van der Waals surface area contributed by atoms with Crippen molar-refractivity contribution in [1.29, 1.82) is 0 Å². The van der Waals surface area contributed by atoms with Crippen molar-refractivity contribution in [2.75, 3.05) is 5.73 Å². The standard InChI is InChI=1S/C12H21N3O/c1-5-14-10(8-6-7-8)9(13)11(16)15(14)12(2,3)4/h8H,5-7,13H2,1-4H3. The minimum atomic E-state index is -0.214. The Morgan fingerprint density at radius 1 is 1.38 bits per heavy atom. The van der Waals surface area contributed by atoms with E-state index in [0.717, 1.165) is 25.1 Å². The summed E-state index contributed by atoms with van der Waals surface area (Å²) in [5, 5.41) is 0. The molecule has 0 atom stereocenters. The van der Waals surface area contributed by atoms with Gasteiger partial charge in [-0.2, -0.15) is 0 Å². The van der Waals surface area contributed by atoms with Gasteiger partial charge in [0, 0.05) is 12.5 Å². The van der Waals surface area contributed by atoms with Crippen LogP contribution in [0.5, 0.6) is 0 Å². The van der Waals surface area contributed by atoms with Crippen molar-refractivity contribution in [1.82, 2.24) is 9.36 Å². The lowest BCUT2D eigenvalue weighted by molar-refractivity contribution is 0.284. The quantitative estimate of drug-likeness (QED) is 0.832. The van der Waals surface area contributed by atoms with Gasteiger partial charge in [0.05, 0.1) is 11.2 Å². The topological polar surface area (TPSA) is 52.9 Å². The molecule has 0 aliphatic heterocycles. The molecule has 0 amide bonds. The molecule has 16 heavy (non-hydrogen) atoms. The van der Waals surface area contributed by atoms with E-state index in [1.165, 1.54) is 0 Å². The second-order valence-corrected chi connectivity index (χ2v) is 5.58. The maximum atomic E-state index is 12.2. The Morgan fingerprint density at radius 3 is 2.31 bits per heavy atom. The molecular weight excluding hydrogens is 202 g/mol. The number of anilines is 1. The van der Waals surface area contributed by atoms with Gasteiger partial charge in [0.2, 0.25) is 0 Å². The van der Waals surface area contributed by atoms with E-state index in [1.54, 1.807) is 4.68 Å². The fraction of sp³-hybridized carbons (Fsp3) is 0.750. The average molecular weight is 223 g/mol. The van der Waals surface area contributed by atoms with E-state index in [4.69, 9.17) is 5.73 Å². The van der Waals surface area contributed by atoms with E-state index < -0.39 is 0 Å². The van der Waals surface area contributed by atoms with Gasteiger partial charge in [-0.05, 0) is 40.5 Å². The van der Waals surface area contributed by atoms with E-state index in [-0.39, 0.29) is 11.1 Å². The van der Waals surface area contributed by atoms with Crippen LogP contribution in [0.3, 0.4) is 0 Å². The summed E-state index contributed by atoms with van der Waals surface area (Å²) in [5.41, 5.74) is 7.23. The van der Waals surface area contributed by atoms with E-state index >= 15 is 0 Å². The van der Waals surface area contributed by atoms with Crippen molar-refractivity contribution in [3.05, 3.63) is 16.0 Å². The lowest BCUT2D eigenvalue weighted by Gasteiger charge is -2.25. The number of hydrogen-bond acceptors (Lipinski definition) is 2. The van der Waals surface area contributed by atoms with Crippen molar-refractivity contribution >= 4 is 5.69 Å². The molecule has 0 radical (unpaired) electrons. The summed E-state index contributed by atoms with van der Waals surface area (Å²) in [6.45, 7) is 8.98. The average Bonchev–Trinajstić information content (AvgIpc) is 2.94. The zero-order valence-corrected chi connectivity index (χ0v) is 10.6. The molecule has 1 heterocycles. The summed E-state index contributed by atoms with van der Waals surface area (Å²) in [7, 11) is 0. The van der Waals surface area contributed by atoms with Crippen LogP contribution in [-0.2, 0) is 12.1 Å². The van der Waals surface area contributed by atoms with Crippen LogP contribution in [0.2, 0.25) is 0 Å². The van der Waals surface area contributed by atoms with Gasteiger partial charge in [-0.3, -0.25) is 9.48 Å². The molecule has 0 aromatic carbocycles. The summed E-state index contributed by atoms with van der Waals surface area (Å²) < 4.78 is 3.87. The molecule has 1 aromatic heterocycles. The molecule has 1 aliphatic carbocycles. The molecule has 0 spiro atoms. The Kier molecular flexibility index (Phi) is 2.40. The molecule has 1 aliphatic rings. The molecule has 2 N–H and O–H groups in total. The Morgan fingerprint density at radius 2 is 1.94 bits per heavy atom. The lowest BCUT2D eigenvalue weighted by Crippen LogP contribution is -2.37. The largest absolute Gasteiger partial charge is 0.393 e. The van der Waals surface area contributed by atoms with Crippen molar-refractivity contribution in [3.8, 4) is 0 Å². The summed E-state index contributed by atoms with van der Waals surface area (Å²) in [6.07, 6.45) is 2.33. The Balaban J connectivity index is 2.69. The smallest absolute Gasteiger partial charge is 0.290 e. The molecule has 1 saturated carbocycles. The first-order valence-electron chi connectivity index (χ1n) is 5.99. The highest BCUT2D eigenvalue weighted by Gasteiger charge is 2.34. The Bertz CT molecular complexity index is 458. The van der Waals surface area contributed by atoms with E-state index in [9.17, 15) is 4.79 Å². The molecule has 4 heteroatoms. The molecule has 1 fully saturated rings. The van der Waals surface area contributed by atoms with E-state index in [0.29, 0.717) is 11.6 Å². The Labute approximate surface area is 96.0 Å². The number of hydrogen-bond donors (Lipinski definition) is 1. The maximum Gasteiger partial charge on any atom is 0.290 e. The fourth-order valence-electron chi connectivity index (χ4n) is 2.35. The molecule has 90 valence electrons. The van der Waals surface area contributed by atoms with Gasteiger partial charge in [-0.25, -0.2) is 4.68 Å². The van der Waals surface area contributed by atoms with E-state index in [2.05, 4.69) is 11.6 Å². The van der Waals surface area contributed by atoms with Crippen molar-refractivity contribution in [2.45, 2.75) is 58.5 Å².